The van der Waals surface area contributed by atoms with Crippen molar-refractivity contribution in [3.8, 4) is 6.07 Å². The van der Waals surface area contributed by atoms with Gasteiger partial charge in [-0.25, -0.2) is 0 Å². The van der Waals surface area contributed by atoms with Crippen LogP contribution in [0.2, 0.25) is 0 Å². The molecule has 140 valence electrons. The summed E-state index contributed by atoms with van der Waals surface area (Å²) in [6.45, 7) is 6.21. The molecule has 1 amide bonds. The molecule has 0 bridgehead atoms. The van der Waals surface area contributed by atoms with Crippen LogP contribution in [0, 0.1) is 11.3 Å². The second-order valence-electron chi connectivity index (χ2n) is 7.07. The monoisotopic (exact) mass is 372 g/mol. The van der Waals surface area contributed by atoms with Crippen LogP contribution >= 0.6 is 0 Å². The van der Waals surface area contributed by atoms with Crippen LogP contribution < -0.4 is 5.32 Å². The molecule has 0 atom stereocenters. The van der Waals surface area contributed by atoms with Gasteiger partial charge in [0.25, 0.3) is 5.91 Å². The van der Waals surface area contributed by atoms with E-state index in [4.69, 9.17) is 0 Å². The van der Waals surface area contributed by atoms with Crippen LogP contribution in [0.25, 0.3) is 6.08 Å². The Morgan fingerprint density at radius 3 is 2.19 bits per heavy atom. The topological polar surface area (TPSA) is 52.9 Å². The predicted octanol–water partition coefficient (Wildman–Crippen LogP) is 5.55. The van der Waals surface area contributed by atoms with Gasteiger partial charge in [-0.05, 0) is 40.8 Å². The molecule has 2 rings (SSSR count). The number of carbonyl (C=O) groups excluding carboxylic acids is 1. The van der Waals surface area contributed by atoms with Crippen molar-refractivity contribution < 1.29 is 18.0 Å². The number of alkyl halides is 3. The molecule has 6 heteroatoms. The van der Waals surface area contributed by atoms with Gasteiger partial charge in [-0.2, -0.15) is 18.4 Å². The molecule has 0 aliphatic carbocycles. The van der Waals surface area contributed by atoms with Gasteiger partial charge in [0.15, 0.2) is 0 Å². The highest BCUT2D eigenvalue weighted by atomic mass is 19.4. The van der Waals surface area contributed by atoms with E-state index in [2.05, 4.69) is 26.1 Å². The Bertz CT molecular complexity index is 899. The predicted molar refractivity (Wildman–Crippen MR) is 98.8 cm³/mol. The number of rotatable bonds is 3. The highest BCUT2D eigenvalue weighted by Crippen LogP contribution is 2.30. The zero-order chi connectivity index (χ0) is 20.2. The normalized spacial score (nSPS) is 12.4. The summed E-state index contributed by atoms with van der Waals surface area (Å²) < 4.78 is 38.3. The van der Waals surface area contributed by atoms with Crippen LogP contribution in [0.4, 0.5) is 18.9 Å². The number of anilines is 1. The summed E-state index contributed by atoms with van der Waals surface area (Å²) in [7, 11) is 0. The van der Waals surface area contributed by atoms with Gasteiger partial charge in [0, 0.05) is 5.69 Å². The number of benzene rings is 2. The molecule has 2 aromatic carbocycles. The molecule has 0 fully saturated rings. The molecule has 2 aromatic rings. The molecule has 3 nitrogen and oxygen atoms in total. The van der Waals surface area contributed by atoms with Gasteiger partial charge in [0.1, 0.15) is 11.6 Å². The standard InChI is InChI=1S/C21H19F3N2O/c1-20(2,3)16-9-7-14(8-10-16)11-15(13-25)19(27)26-18-6-4-5-17(12-18)21(22,23)24/h4-12H,1-3H3,(H,26,27)/b15-11+. The third-order valence-electron chi connectivity index (χ3n) is 3.90. The van der Waals surface area contributed by atoms with E-state index in [1.54, 1.807) is 18.2 Å². The van der Waals surface area contributed by atoms with Crippen molar-refractivity contribution in [1.29, 1.82) is 5.26 Å². The summed E-state index contributed by atoms with van der Waals surface area (Å²) in [5, 5.41) is 11.6. The summed E-state index contributed by atoms with van der Waals surface area (Å²) in [6, 6.07) is 13.4. The van der Waals surface area contributed by atoms with E-state index < -0.39 is 17.6 Å². The SMILES string of the molecule is CC(C)(C)c1ccc(/C=C(\C#N)C(=O)Nc2cccc(C(F)(F)F)c2)cc1. The molecule has 0 spiro atoms. The van der Waals surface area contributed by atoms with E-state index in [9.17, 15) is 23.2 Å². The van der Waals surface area contributed by atoms with E-state index >= 15 is 0 Å². The second kappa shape index (κ2) is 7.67. The second-order valence-corrected chi connectivity index (χ2v) is 7.07. The molecule has 0 heterocycles. The van der Waals surface area contributed by atoms with Gasteiger partial charge in [0.2, 0.25) is 0 Å². The van der Waals surface area contributed by atoms with Gasteiger partial charge in [-0.15, -0.1) is 0 Å². The zero-order valence-electron chi connectivity index (χ0n) is 15.2. The average Bonchev–Trinajstić information content (AvgIpc) is 2.58. The largest absolute Gasteiger partial charge is 0.416 e. The molecule has 0 aliphatic heterocycles. The summed E-state index contributed by atoms with van der Waals surface area (Å²) in [5.41, 5.74) is 0.627. The lowest BCUT2D eigenvalue weighted by molar-refractivity contribution is -0.137. The summed E-state index contributed by atoms with van der Waals surface area (Å²) in [4.78, 5) is 12.3. The van der Waals surface area contributed by atoms with Crippen molar-refractivity contribution in [1.82, 2.24) is 0 Å². The zero-order valence-corrected chi connectivity index (χ0v) is 15.2. The first-order valence-corrected chi connectivity index (χ1v) is 8.21. The summed E-state index contributed by atoms with van der Waals surface area (Å²) >= 11 is 0. The number of carbonyl (C=O) groups is 1. The Balaban J connectivity index is 2.21. The van der Waals surface area contributed by atoms with Crippen LogP contribution in [-0.4, -0.2) is 5.91 Å². The molecule has 0 aromatic heterocycles. The fourth-order valence-corrected chi connectivity index (χ4v) is 2.37. The first-order chi connectivity index (χ1) is 12.5. The van der Waals surface area contributed by atoms with Gasteiger partial charge in [0.05, 0.1) is 5.56 Å². The first kappa shape index (κ1) is 20.2. The third-order valence-corrected chi connectivity index (χ3v) is 3.90. The van der Waals surface area contributed by atoms with Crippen molar-refractivity contribution in [2.45, 2.75) is 32.4 Å². The third kappa shape index (κ3) is 5.45. The van der Waals surface area contributed by atoms with Gasteiger partial charge >= 0.3 is 6.18 Å². The quantitative estimate of drug-likeness (QED) is 0.567. The molecule has 0 saturated carbocycles. The maximum Gasteiger partial charge on any atom is 0.416 e. The Morgan fingerprint density at radius 2 is 1.67 bits per heavy atom. The van der Waals surface area contributed by atoms with Gasteiger partial charge in [-0.1, -0.05) is 51.1 Å². The molecular formula is C21H19F3N2O. The maximum absolute atomic E-state index is 12.8. The summed E-state index contributed by atoms with van der Waals surface area (Å²) in [6.07, 6.45) is -3.11. The van der Waals surface area contributed by atoms with Crippen LogP contribution in [0.1, 0.15) is 37.5 Å². The lowest BCUT2D eigenvalue weighted by Crippen LogP contribution is -2.14. The Hall–Kier alpha value is -3.07. The maximum atomic E-state index is 12.8. The van der Waals surface area contributed by atoms with E-state index in [1.165, 1.54) is 18.2 Å². The lowest BCUT2D eigenvalue weighted by Gasteiger charge is -2.18. The number of nitrogens with zero attached hydrogens (tertiary/aromatic N) is 1. The number of hydrogen-bond acceptors (Lipinski definition) is 2. The smallest absolute Gasteiger partial charge is 0.321 e. The van der Waals surface area contributed by atoms with Crippen molar-refractivity contribution in [3.05, 3.63) is 70.8 Å². The van der Waals surface area contributed by atoms with Crippen molar-refractivity contribution in [2.75, 3.05) is 5.32 Å². The minimum atomic E-state index is -4.51. The van der Waals surface area contributed by atoms with Gasteiger partial charge < -0.3 is 5.32 Å². The molecule has 0 saturated heterocycles. The van der Waals surface area contributed by atoms with E-state index in [1.807, 2.05) is 12.1 Å². The van der Waals surface area contributed by atoms with Crippen molar-refractivity contribution in [3.63, 3.8) is 0 Å². The number of amides is 1. The minimum Gasteiger partial charge on any atom is -0.321 e. The highest BCUT2D eigenvalue weighted by Gasteiger charge is 2.30. The van der Waals surface area contributed by atoms with Crippen molar-refractivity contribution in [2.24, 2.45) is 0 Å². The van der Waals surface area contributed by atoms with Gasteiger partial charge in [-0.3, -0.25) is 4.79 Å². The molecule has 27 heavy (non-hydrogen) atoms. The number of halogens is 3. The fraction of sp³-hybridized carbons (Fsp3) is 0.238. The Morgan fingerprint density at radius 1 is 1.04 bits per heavy atom. The molecule has 1 N–H and O–H groups in total. The molecular weight excluding hydrogens is 353 g/mol. The fourth-order valence-electron chi connectivity index (χ4n) is 2.37. The lowest BCUT2D eigenvalue weighted by atomic mass is 9.86. The Kier molecular flexibility index (Phi) is 5.75. The van der Waals surface area contributed by atoms with Crippen LogP contribution in [-0.2, 0) is 16.4 Å². The van der Waals surface area contributed by atoms with Crippen LogP contribution in [0.3, 0.4) is 0 Å². The average molecular weight is 372 g/mol. The van der Waals surface area contributed by atoms with E-state index in [0.29, 0.717) is 5.56 Å². The number of nitrogens with one attached hydrogen (secondary N) is 1. The molecule has 0 aliphatic rings. The van der Waals surface area contributed by atoms with Crippen molar-refractivity contribution >= 4 is 17.7 Å². The number of hydrogen-bond donors (Lipinski definition) is 1. The molecule has 0 radical (unpaired) electrons. The van der Waals surface area contributed by atoms with E-state index in [-0.39, 0.29) is 16.7 Å². The van der Waals surface area contributed by atoms with E-state index in [0.717, 1.165) is 17.7 Å². The molecule has 0 unspecified atom stereocenters. The van der Waals surface area contributed by atoms with Crippen LogP contribution in [0.15, 0.2) is 54.1 Å². The first-order valence-electron chi connectivity index (χ1n) is 8.21. The minimum absolute atomic E-state index is 0.0266. The Labute approximate surface area is 156 Å². The number of nitriles is 1. The van der Waals surface area contributed by atoms with Crippen LogP contribution in [0.5, 0.6) is 0 Å². The summed E-state index contributed by atoms with van der Waals surface area (Å²) in [5.74, 6) is -0.767. The highest BCUT2D eigenvalue weighted by molar-refractivity contribution is 6.09.